The summed E-state index contributed by atoms with van der Waals surface area (Å²) in [5.41, 5.74) is 0. The van der Waals surface area contributed by atoms with E-state index in [4.69, 9.17) is 9.47 Å². The van der Waals surface area contributed by atoms with Crippen molar-refractivity contribution in [1.82, 2.24) is 4.72 Å². The highest BCUT2D eigenvalue weighted by molar-refractivity contribution is 7.97. The van der Waals surface area contributed by atoms with Crippen LogP contribution in [-0.2, 0) is 14.3 Å². The molecular formula is C13H27NO3S. The first-order chi connectivity index (χ1) is 8.81. The molecule has 0 radical (unpaired) electrons. The van der Waals surface area contributed by atoms with Gasteiger partial charge < -0.3 is 14.2 Å². The van der Waals surface area contributed by atoms with E-state index in [9.17, 15) is 4.79 Å². The highest BCUT2D eigenvalue weighted by atomic mass is 32.2. The number of amides is 1. The van der Waals surface area contributed by atoms with Gasteiger partial charge in [0.1, 0.15) is 0 Å². The molecule has 0 heterocycles. The van der Waals surface area contributed by atoms with Crippen LogP contribution in [0.25, 0.3) is 0 Å². The number of hydrogen-bond donors (Lipinski definition) is 1. The fourth-order valence-electron chi connectivity index (χ4n) is 1.24. The van der Waals surface area contributed by atoms with Crippen molar-refractivity contribution >= 4 is 17.9 Å². The highest BCUT2D eigenvalue weighted by Gasteiger charge is 2.00. The third-order valence-electron chi connectivity index (χ3n) is 2.23. The number of hydrogen-bond acceptors (Lipinski definition) is 4. The van der Waals surface area contributed by atoms with Crippen molar-refractivity contribution in [2.75, 3.05) is 32.2 Å². The summed E-state index contributed by atoms with van der Waals surface area (Å²) < 4.78 is 13.4. The Bertz CT molecular complexity index is 191. The second-order valence-corrected chi connectivity index (χ2v) is 4.96. The molecule has 0 unspecified atom stereocenters. The Kier molecular flexibility index (Phi) is 14.6. The van der Waals surface area contributed by atoms with E-state index in [0.29, 0.717) is 26.2 Å². The van der Waals surface area contributed by atoms with Crippen LogP contribution in [0.1, 0.15) is 46.0 Å². The molecule has 0 aromatic heterocycles. The van der Waals surface area contributed by atoms with E-state index in [0.717, 1.165) is 25.2 Å². The molecule has 0 aromatic carbocycles. The van der Waals surface area contributed by atoms with Gasteiger partial charge in [0.25, 0.3) is 0 Å². The standard InChI is InChI=1S/C13H27NO3S/c1-3-5-6-12-18-14-13(15)7-9-17-11-10-16-8-4-2/h3-12H2,1-2H3,(H,14,15). The second kappa shape index (κ2) is 14.8. The summed E-state index contributed by atoms with van der Waals surface area (Å²) in [6, 6.07) is 0. The van der Waals surface area contributed by atoms with E-state index in [1.807, 2.05) is 0 Å². The lowest BCUT2D eigenvalue weighted by Crippen LogP contribution is -2.18. The molecule has 1 N–H and O–H groups in total. The van der Waals surface area contributed by atoms with Crippen molar-refractivity contribution in [3.8, 4) is 0 Å². The summed E-state index contributed by atoms with van der Waals surface area (Å²) in [7, 11) is 0. The smallest absolute Gasteiger partial charge is 0.232 e. The van der Waals surface area contributed by atoms with E-state index in [1.54, 1.807) is 0 Å². The van der Waals surface area contributed by atoms with E-state index in [2.05, 4.69) is 18.6 Å². The van der Waals surface area contributed by atoms with E-state index >= 15 is 0 Å². The van der Waals surface area contributed by atoms with Crippen LogP contribution in [-0.4, -0.2) is 38.1 Å². The third-order valence-corrected chi connectivity index (χ3v) is 3.09. The number of ether oxygens (including phenoxy) is 2. The van der Waals surface area contributed by atoms with Crippen molar-refractivity contribution in [1.29, 1.82) is 0 Å². The molecule has 0 saturated heterocycles. The first kappa shape index (κ1) is 17.7. The van der Waals surface area contributed by atoms with Gasteiger partial charge in [0.05, 0.1) is 26.2 Å². The lowest BCUT2D eigenvalue weighted by atomic mass is 10.3. The summed E-state index contributed by atoms with van der Waals surface area (Å²) in [5, 5.41) is 0. The molecular weight excluding hydrogens is 250 g/mol. The minimum Gasteiger partial charge on any atom is -0.379 e. The van der Waals surface area contributed by atoms with Crippen LogP contribution in [0.2, 0.25) is 0 Å². The van der Waals surface area contributed by atoms with Crippen molar-refractivity contribution in [2.24, 2.45) is 0 Å². The van der Waals surface area contributed by atoms with Crippen LogP contribution in [0, 0.1) is 0 Å². The van der Waals surface area contributed by atoms with Gasteiger partial charge in [-0.05, 0) is 12.8 Å². The topological polar surface area (TPSA) is 47.6 Å². The van der Waals surface area contributed by atoms with Gasteiger partial charge in [0.2, 0.25) is 5.91 Å². The second-order valence-electron chi connectivity index (χ2n) is 4.06. The Morgan fingerprint density at radius 1 is 1.00 bits per heavy atom. The maximum atomic E-state index is 11.4. The molecule has 0 spiro atoms. The zero-order valence-electron chi connectivity index (χ0n) is 11.7. The summed E-state index contributed by atoms with van der Waals surface area (Å²) in [6.07, 6.45) is 5.05. The van der Waals surface area contributed by atoms with Crippen LogP contribution < -0.4 is 4.72 Å². The molecule has 108 valence electrons. The van der Waals surface area contributed by atoms with Gasteiger partial charge in [-0.3, -0.25) is 4.79 Å². The number of carbonyl (C=O) groups excluding carboxylic acids is 1. The number of nitrogens with one attached hydrogen (secondary N) is 1. The van der Waals surface area contributed by atoms with Gasteiger partial charge in [-0.15, -0.1) is 0 Å². The predicted molar refractivity (Wildman–Crippen MR) is 76.7 cm³/mol. The molecule has 0 aliphatic heterocycles. The van der Waals surface area contributed by atoms with Gasteiger partial charge in [0.15, 0.2) is 0 Å². The number of rotatable bonds is 13. The molecule has 5 heteroatoms. The quantitative estimate of drug-likeness (QED) is 0.415. The monoisotopic (exact) mass is 277 g/mol. The summed E-state index contributed by atoms with van der Waals surface area (Å²) in [4.78, 5) is 11.4. The molecule has 0 atom stereocenters. The Balaban J connectivity index is 3.12. The SMILES string of the molecule is CCCCCSNC(=O)CCOCCOCCC. The zero-order valence-corrected chi connectivity index (χ0v) is 12.5. The Labute approximate surface area is 115 Å². The van der Waals surface area contributed by atoms with Crippen LogP contribution in [0.3, 0.4) is 0 Å². The summed E-state index contributed by atoms with van der Waals surface area (Å²) in [6.45, 7) is 6.67. The van der Waals surface area contributed by atoms with Gasteiger partial charge in [-0.1, -0.05) is 38.6 Å². The summed E-state index contributed by atoms with van der Waals surface area (Å²) >= 11 is 1.50. The first-order valence-corrected chi connectivity index (χ1v) is 7.85. The average Bonchev–Trinajstić information content (AvgIpc) is 2.37. The Morgan fingerprint density at radius 3 is 2.39 bits per heavy atom. The molecule has 0 fully saturated rings. The molecule has 0 aliphatic rings. The first-order valence-electron chi connectivity index (χ1n) is 6.87. The molecule has 0 aliphatic carbocycles. The minimum absolute atomic E-state index is 0.0472. The van der Waals surface area contributed by atoms with Gasteiger partial charge in [0, 0.05) is 12.4 Å². The van der Waals surface area contributed by atoms with Gasteiger partial charge >= 0.3 is 0 Å². The largest absolute Gasteiger partial charge is 0.379 e. The third kappa shape index (κ3) is 13.8. The number of unbranched alkanes of at least 4 members (excludes halogenated alkanes) is 2. The van der Waals surface area contributed by atoms with Crippen molar-refractivity contribution in [3.05, 3.63) is 0 Å². The van der Waals surface area contributed by atoms with Gasteiger partial charge in [-0.2, -0.15) is 0 Å². The molecule has 0 bridgehead atoms. The van der Waals surface area contributed by atoms with Crippen LogP contribution in [0.4, 0.5) is 0 Å². The Morgan fingerprint density at radius 2 is 1.72 bits per heavy atom. The minimum atomic E-state index is 0.0472. The molecule has 0 aromatic rings. The lowest BCUT2D eigenvalue weighted by Gasteiger charge is -2.06. The molecule has 1 amide bonds. The fraction of sp³-hybridized carbons (Fsp3) is 0.923. The van der Waals surface area contributed by atoms with Crippen molar-refractivity contribution < 1.29 is 14.3 Å². The van der Waals surface area contributed by atoms with Crippen LogP contribution in [0.5, 0.6) is 0 Å². The normalized spacial score (nSPS) is 10.6. The molecule has 0 rings (SSSR count). The van der Waals surface area contributed by atoms with Crippen LogP contribution in [0.15, 0.2) is 0 Å². The van der Waals surface area contributed by atoms with E-state index in [1.165, 1.54) is 24.8 Å². The average molecular weight is 277 g/mol. The van der Waals surface area contributed by atoms with Crippen LogP contribution >= 0.6 is 11.9 Å². The molecule has 0 saturated carbocycles. The van der Waals surface area contributed by atoms with Crippen molar-refractivity contribution in [2.45, 2.75) is 46.0 Å². The van der Waals surface area contributed by atoms with Gasteiger partial charge in [-0.25, -0.2) is 0 Å². The van der Waals surface area contributed by atoms with Crippen molar-refractivity contribution in [3.63, 3.8) is 0 Å². The maximum Gasteiger partial charge on any atom is 0.232 e. The Hall–Kier alpha value is -0.260. The lowest BCUT2D eigenvalue weighted by molar-refractivity contribution is -0.120. The molecule has 4 nitrogen and oxygen atoms in total. The highest BCUT2D eigenvalue weighted by Crippen LogP contribution is 2.02. The number of carbonyl (C=O) groups is 1. The predicted octanol–water partition coefficient (Wildman–Crippen LogP) is 2.77. The summed E-state index contributed by atoms with van der Waals surface area (Å²) in [5.74, 6) is 1.04. The zero-order chi connectivity index (χ0) is 13.5. The fourth-order valence-corrected chi connectivity index (χ4v) is 1.95. The maximum absolute atomic E-state index is 11.4. The molecule has 18 heavy (non-hydrogen) atoms. The van der Waals surface area contributed by atoms with E-state index in [-0.39, 0.29) is 5.91 Å². The van der Waals surface area contributed by atoms with E-state index < -0.39 is 0 Å².